The molecule has 2 aliphatic rings. The van der Waals surface area contributed by atoms with Crippen LogP contribution in [0.1, 0.15) is 32.6 Å². The van der Waals surface area contributed by atoms with E-state index in [-0.39, 0.29) is 5.92 Å². The summed E-state index contributed by atoms with van der Waals surface area (Å²) in [6.07, 6.45) is -1.59. The molecule has 0 aromatic heterocycles. The maximum absolute atomic E-state index is 12.4. The molecule has 0 bridgehead atoms. The van der Waals surface area contributed by atoms with Crippen molar-refractivity contribution in [2.75, 3.05) is 13.1 Å². The summed E-state index contributed by atoms with van der Waals surface area (Å²) in [7, 11) is 0. The van der Waals surface area contributed by atoms with Crippen LogP contribution in [0.2, 0.25) is 0 Å². The Bertz CT molecular complexity index is 666. The lowest BCUT2D eigenvalue weighted by Gasteiger charge is -2.34. The molecule has 1 aliphatic heterocycles. The van der Waals surface area contributed by atoms with E-state index in [0.717, 1.165) is 24.2 Å². The van der Waals surface area contributed by atoms with E-state index in [9.17, 15) is 37.1 Å². The summed E-state index contributed by atoms with van der Waals surface area (Å²) in [4.78, 5) is 60.9. The highest BCUT2D eigenvalue weighted by Crippen LogP contribution is 2.31. The molecule has 1 aliphatic carbocycles. The van der Waals surface area contributed by atoms with Crippen molar-refractivity contribution in [3.8, 4) is 0 Å². The Morgan fingerprint density at radius 2 is 1.74 bits per heavy atom. The average Bonchev–Trinajstić information content (AvgIpc) is 2.77. The molecule has 0 aromatic carbocycles. The number of halogens is 3. The number of carbonyl (C=O) groups is 5. The van der Waals surface area contributed by atoms with Gasteiger partial charge in [0.2, 0.25) is 5.91 Å². The van der Waals surface area contributed by atoms with Gasteiger partial charge in [-0.1, -0.05) is 19.8 Å². The SMILES string of the molecule is C[C@@H]1CCCC[C@@H]1N1C(=O)C(=O)N(CC(=O)NC(=O)NCC(F)(F)F)C1=O. The number of amides is 7. The third-order valence-electron chi connectivity index (χ3n) is 4.49. The number of nitrogens with one attached hydrogen (secondary N) is 2. The first kappa shape index (κ1) is 20.6. The van der Waals surface area contributed by atoms with Gasteiger partial charge in [0.1, 0.15) is 13.1 Å². The highest BCUT2D eigenvalue weighted by Gasteiger charge is 2.49. The summed E-state index contributed by atoms with van der Waals surface area (Å²) in [5.41, 5.74) is 0. The van der Waals surface area contributed by atoms with Crippen LogP contribution in [0.4, 0.5) is 22.8 Å². The molecule has 1 saturated carbocycles. The van der Waals surface area contributed by atoms with E-state index in [1.54, 1.807) is 5.32 Å². The summed E-state index contributed by atoms with van der Waals surface area (Å²) < 4.78 is 36.0. The van der Waals surface area contributed by atoms with Crippen molar-refractivity contribution >= 4 is 29.8 Å². The van der Waals surface area contributed by atoms with Crippen LogP contribution < -0.4 is 10.6 Å². The minimum atomic E-state index is -4.66. The van der Waals surface area contributed by atoms with Crippen molar-refractivity contribution in [2.45, 2.75) is 44.8 Å². The summed E-state index contributed by atoms with van der Waals surface area (Å²) in [6.45, 7) is -0.741. The molecule has 0 aromatic rings. The van der Waals surface area contributed by atoms with E-state index in [1.807, 2.05) is 6.92 Å². The van der Waals surface area contributed by atoms with Gasteiger partial charge in [-0.3, -0.25) is 24.6 Å². The number of carbonyl (C=O) groups excluding carboxylic acids is 5. The maximum atomic E-state index is 12.4. The summed E-state index contributed by atoms with van der Waals surface area (Å²) >= 11 is 0. The third kappa shape index (κ3) is 4.95. The molecule has 0 spiro atoms. The summed E-state index contributed by atoms with van der Waals surface area (Å²) in [5, 5.41) is 2.99. The van der Waals surface area contributed by atoms with Crippen molar-refractivity contribution in [1.29, 1.82) is 0 Å². The van der Waals surface area contributed by atoms with Gasteiger partial charge < -0.3 is 5.32 Å². The van der Waals surface area contributed by atoms with Gasteiger partial charge in [-0.25, -0.2) is 14.5 Å². The molecule has 2 atom stereocenters. The number of alkyl halides is 3. The molecule has 0 radical (unpaired) electrons. The van der Waals surface area contributed by atoms with Crippen LogP contribution in [0.5, 0.6) is 0 Å². The molecule has 0 unspecified atom stereocenters. The third-order valence-corrected chi connectivity index (χ3v) is 4.49. The van der Waals surface area contributed by atoms with Crippen LogP contribution in [-0.4, -0.2) is 64.9 Å². The van der Waals surface area contributed by atoms with Gasteiger partial charge in [-0.2, -0.15) is 13.2 Å². The standard InChI is InChI=1S/C15H19F3N4O5/c1-8-4-2-3-5-9(8)22-12(25)11(24)21(14(22)27)6-10(23)20-13(26)19-7-15(16,17)18/h8-9H,2-7H2,1H3,(H2,19,20,23,26)/t8-,9+/m1/s1. The molecule has 7 amide bonds. The average molecular weight is 392 g/mol. The first-order chi connectivity index (χ1) is 12.5. The van der Waals surface area contributed by atoms with Crippen molar-refractivity contribution in [3.63, 3.8) is 0 Å². The molecule has 27 heavy (non-hydrogen) atoms. The van der Waals surface area contributed by atoms with Crippen LogP contribution in [0.3, 0.4) is 0 Å². The highest BCUT2D eigenvalue weighted by atomic mass is 19.4. The number of nitrogens with zero attached hydrogens (tertiary/aromatic N) is 2. The minimum Gasteiger partial charge on any atom is -0.329 e. The first-order valence-corrected chi connectivity index (χ1v) is 8.34. The lowest BCUT2D eigenvalue weighted by Crippen LogP contribution is -2.49. The van der Waals surface area contributed by atoms with Gasteiger partial charge in [0.15, 0.2) is 0 Å². The fraction of sp³-hybridized carbons (Fsp3) is 0.667. The Labute approximate surface area is 152 Å². The molecular weight excluding hydrogens is 373 g/mol. The van der Waals surface area contributed by atoms with Crippen molar-refractivity contribution in [2.24, 2.45) is 5.92 Å². The van der Waals surface area contributed by atoms with Crippen molar-refractivity contribution in [3.05, 3.63) is 0 Å². The van der Waals surface area contributed by atoms with Crippen LogP contribution in [0, 0.1) is 5.92 Å². The lowest BCUT2D eigenvalue weighted by atomic mass is 9.85. The van der Waals surface area contributed by atoms with E-state index in [2.05, 4.69) is 0 Å². The molecule has 150 valence electrons. The zero-order chi connectivity index (χ0) is 20.4. The Hall–Kier alpha value is -2.66. The second-order valence-electron chi connectivity index (χ2n) is 6.52. The molecule has 1 saturated heterocycles. The molecule has 2 fully saturated rings. The monoisotopic (exact) mass is 392 g/mol. The zero-order valence-electron chi connectivity index (χ0n) is 14.5. The number of imide groups is 3. The Balaban J connectivity index is 1.97. The zero-order valence-corrected chi connectivity index (χ0v) is 14.5. The first-order valence-electron chi connectivity index (χ1n) is 8.34. The van der Waals surface area contributed by atoms with Gasteiger partial charge in [-0.15, -0.1) is 0 Å². The molecule has 9 nitrogen and oxygen atoms in total. The minimum absolute atomic E-state index is 0.00127. The van der Waals surface area contributed by atoms with E-state index in [4.69, 9.17) is 0 Å². The second kappa shape index (κ2) is 7.92. The fourth-order valence-electron chi connectivity index (χ4n) is 3.17. The number of urea groups is 2. The highest BCUT2D eigenvalue weighted by molar-refractivity contribution is 6.45. The van der Waals surface area contributed by atoms with Crippen LogP contribution in [0.25, 0.3) is 0 Å². The van der Waals surface area contributed by atoms with Gasteiger partial charge in [0.05, 0.1) is 0 Å². The van der Waals surface area contributed by atoms with Crippen molar-refractivity contribution in [1.82, 2.24) is 20.4 Å². The second-order valence-corrected chi connectivity index (χ2v) is 6.52. The Morgan fingerprint density at radius 1 is 1.11 bits per heavy atom. The Kier molecular flexibility index (Phi) is 6.06. The van der Waals surface area contributed by atoms with Crippen molar-refractivity contribution < 1.29 is 37.1 Å². The van der Waals surface area contributed by atoms with Crippen LogP contribution in [-0.2, 0) is 14.4 Å². The summed E-state index contributed by atoms with van der Waals surface area (Å²) in [6, 6.07) is -2.85. The van der Waals surface area contributed by atoms with E-state index >= 15 is 0 Å². The quantitative estimate of drug-likeness (QED) is 0.541. The molecule has 2 rings (SSSR count). The van der Waals surface area contributed by atoms with Gasteiger partial charge in [0, 0.05) is 6.04 Å². The maximum Gasteiger partial charge on any atom is 0.405 e. The molecule has 12 heteroatoms. The fourth-order valence-corrected chi connectivity index (χ4v) is 3.17. The largest absolute Gasteiger partial charge is 0.405 e. The van der Waals surface area contributed by atoms with Crippen LogP contribution in [0.15, 0.2) is 0 Å². The molecule has 2 N–H and O–H groups in total. The van der Waals surface area contributed by atoms with Crippen LogP contribution >= 0.6 is 0 Å². The molecular formula is C15H19F3N4O5. The van der Waals surface area contributed by atoms with Gasteiger partial charge in [-0.05, 0) is 18.8 Å². The van der Waals surface area contributed by atoms with E-state index < -0.39 is 55.1 Å². The topological polar surface area (TPSA) is 116 Å². The predicted octanol–water partition coefficient (Wildman–Crippen LogP) is 0.744. The van der Waals surface area contributed by atoms with E-state index in [0.29, 0.717) is 11.3 Å². The Morgan fingerprint density at radius 3 is 2.33 bits per heavy atom. The molecule has 1 heterocycles. The van der Waals surface area contributed by atoms with Gasteiger partial charge >= 0.3 is 30.1 Å². The number of rotatable bonds is 4. The summed E-state index contributed by atoms with van der Waals surface area (Å²) in [5.74, 6) is -3.44. The smallest absolute Gasteiger partial charge is 0.329 e. The predicted molar refractivity (Wildman–Crippen MR) is 83.0 cm³/mol. The van der Waals surface area contributed by atoms with E-state index in [1.165, 1.54) is 5.32 Å². The van der Waals surface area contributed by atoms with Gasteiger partial charge in [0.25, 0.3) is 0 Å². The number of hydrogen-bond donors (Lipinski definition) is 2. The number of hydrogen-bond acceptors (Lipinski definition) is 5. The normalized spacial score (nSPS) is 23.6. The lowest BCUT2D eigenvalue weighted by molar-refractivity contribution is -0.145.